The molecule has 0 bridgehead atoms. The summed E-state index contributed by atoms with van der Waals surface area (Å²) >= 11 is 5.88. The highest BCUT2D eigenvalue weighted by molar-refractivity contribution is 6.33. The van der Waals surface area contributed by atoms with Gasteiger partial charge in [-0.3, -0.25) is 4.98 Å². The van der Waals surface area contributed by atoms with Crippen LogP contribution >= 0.6 is 11.6 Å². The van der Waals surface area contributed by atoms with Gasteiger partial charge in [-0.05, 0) is 30.7 Å². The van der Waals surface area contributed by atoms with Crippen molar-refractivity contribution >= 4 is 17.3 Å². The zero-order valence-corrected chi connectivity index (χ0v) is 10.2. The molecule has 1 aromatic heterocycles. The third-order valence-electron chi connectivity index (χ3n) is 2.35. The number of benzene rings is 1. The number of pyridine rings is 1. The maximum atomic E-state index is 5.88. The minimum Gasteiger partial charge on any atom is -0.492 e. The second kappa shape index (κ2) is 5.06. The van der Waals surface area contributed by atoms with Crippen LogP contribution in [0.25, 0.3) is 11.1 Å². The lowest BCUT2D eigenvalue weighted by atomic mass is 10.1. The lowest BCUT2D eigenvalue weighted by molar-refractivity contribution is 0.339. The molecule has 0 fully saturated rings. The molecule has 4 heteroatoms. The maximum Gasteiger partial charge on any atom is 0.138 e. The van der Waals surface area contributed by atoms with Crippen molar-refractivity contribution in [3.05, 3.63) is 41.7 Å². The normalized spacial score (nSPS) is 10.2. The van der Waals surface area contributed by atoms with Crippen molar-refractivity contribution in [1.82, 2.24) is 4.98 Å². The molecule has 0 spiro atoms. The first-order valence-electron chi connectivity index (χ1n) is 5.34. The van der Waals surface area contributed by atoms with Crippen LogP contribution in [0.1, 0.15) is 6.92 Å². The fourth-order valence-corrected chi connectivity index (χ4v) is 1.66. The number of nitrogen functional groups attached to an aromatic ring is 1. The quantitative estimate of drug-likeness (QED) is 0.847. The van der Waals surface area contributed by atoms with Gasteiger partial charge in [0.2, 0.25) is 0 Å². The number of hydrogen-bond donors (Lipinski definition) is 1. The summed E-state index contributed by atoms with van der Waals surface area (Å²) < 4.78 is 5.40. The van der Waals surface area contributed by atoms with Gasteiger partial charge in [0.05, 0.1) is 23.5 Å². The molecule has 2 aromatic rings. The summed E-state index contributed by atoms with van der Waals surface area (Å²) in [5, 5.41) is 0.558. The molecular weight excluding hydrogens is 236 g/mol. The van der Waals surface area contributed by atoms with Crippen molar-refractivity contribution in [2.75, 3.05) is 12.3 Å². The second-order valence-electron chi connectivity index (χ2n) is 3.58. The Hall–Kier alpha value is -1.74. The van der Waals surface area contributed by atoms with Crippen LogP contribution in [0.5, 0.6) is 5.75 Å². The van der Waals surface area contributed by atoms with Crippen LogP contribution < -0.4 is 10.5 Å². The highest BCUT2D eigenvalue weighted by atomic mass is 35.5. The molecule has 17 heavy (non-hydrogen) atoms. The minimum absolute atomic E-state index is 0.558. The van der Waals surface area contributed by atoms with E-state index in [1.165, 1.54) is 0 Å². The summed E-state index contributed by atoms with van der Waals surface area (Å²) in [5.41, 5.74) is 8.26. The summed E-state index contributed by atoms with van der Waals surface area (Å²) in [7, 11) is 0. The van der Waals surface area contributed by atoms with Crippen LogP contribution in [-0.4, -0.2) is 11.6 Å². The van der Waals surface area contributed by atoms with E-state index < -0.39 is 0 Å². The van der Waals surface area contributed by atoms with Crippen LogP contribution in [0, 0.1) is 0 Å². The predicted molar refractivity (Wildman–Crippen MR) is 70.3 cm³/mol. The van der Waals surface area contributed by atoms with Crippen LogP contribution in [0.4, 0.5) is 5.69 Å². The van der Waals surface area contributed by atoms with E-state index in [1.54, 1.807) is 18.5 Å². The summed E-state index contributed by atoms with van der Waals surface area (Å²) in [6.45, 7) is 2.56. The first-order chi connectivity index (χ1) is 8.20. The molecule has 0 aliphatic heterocycles. The van der Waals surface area contributed by atoms with Crippen molar-refractivity contribution in [2.45, 2.75) is 6.92 Å². The monoisotopic (exact) mass is 248 g/mol. The summed E-state index contributed by atoms with van der Waals surface area (Å²) in [5.74, 6) is 0.749. The fraction of sp³-hybridized carbons (Fsp3) is 0.154. The minimum atomic E-state index is 0.558. The van der Waals surface area contributed by atoms with E-state index >= 15 is 0 Å². The Bertz CT molecular complexity index is 529. The highest BCUT2D eigenvalue weighted by Gasteiger charge is 2.03. The summed E-state index contributed by atoms with van der Waals surface area (Å²) in [6, 6.07) is 7.44. The number of nitrogens with zero attached hydrogens (tertiary/aromatic N) is 1. The molecule has 0 saturated heterocycles. The molecule has 3 nitrogen and oxygen atoms in total. The Morgan fingerprint density at radius 1 is 1.24 bits per heavy atom. The van der Waals surface area contributed by atoms with Gasteiger partial charge in [-0.25, -0.2) is 0 Å². The van der Waals surface area contributed by atoms with Crippen molar-refractivity contribution in [1.29, 1.82) is 0 Å². The lowest BCUT2D eigenvalue weighted by Gasteiger charge is -2.07. The van der Waals surface area contributed by atoms with Crippen LogP contribution in [0.2, 0.25) is 5.02 Å². The Morgan fingerprint density at radius 2 is 2.06 bits per heavy atom. The number of nitrogens with two attached hydrogens (primary N) is 1. The SMILES string of the molecule is CCOc1cncc(-c2ccc(Cl)c(N)c2)c1. The molecule has 0 radical (unpaired) electrons. The van der Waals surface area contributed by atoms with Crippen molar-refractivity contribution < 1.29 is 4.74 Å². The third kappa shape index (κ3) is 2.68. The zero-order chi connectivity index (χ0) is 12.3. The number of anilines is 1. The fourth-order valence-electron chi connectivity index (χ4n) is 1.55. The maximum absolute atomic E-state index is 5.88. The number of hydrogen-bond acceptors (Lipinski definition) is 3. The van der Waals surface area contributed by atoms with Gasteiger partial charge in [0, 0.05) is 11.8 Å². The predicted octanol–water partition coefficient (Wildman–Crippen LogP) is 3.38. The van der Waals surface area contributed by atoms with Gasteiger partial charge in [0.1, 0.15) is 5.75 Å². The number of halogens is 1. The van der Waals surface area contributed by atoms with Crippen LogP contribution in [-0.2, 0) is 0 Å². The first kappa shape index (κ1) is 11.7. The molecule has 2 N–H and O–H groups in total. The molecule has 2 rings (SSSR count). The van der Waals surface area contributed by atoms with Gasteiger partial charge in [-0.2, -0.15) is 0 Å². The van der Waals surface area contributed by atoms with Crippen LogP contribution in [0.3, 0.4) is 0 Å². The molecule has 1 aromatic carbocycles. The largest absolute Gasteiger partial charge is 0.492 e. The third-order valence-corrected chi connectivity index (χ3v) is 2.70. The smallest absolute Gasteiger partial charge is 0.138 e. The molecule has 1 heterocycles. The number of ether oxygens (including phenoxy) is 1. The van der Waals surface area contributed by atoms with Crippen molar-refractivity contribution in [3.8, 4) is 16.9 Å². The van der Waals surface area contributed by atoms with Gasteiger partial charge in [0.15, 0.2) is 0 Å². The van der Waals surface area contributed by atoms with Crippen molar-refractivity contribution in [2.24, 2.45) is 0 Å². The second-order valence-corrected chi connectivity index (χ2v) is 3.99. The van der Waals surface area contributed by atoms with E-state index in [1.807, 2.05) is 25.1 Å². The Balaban J connectivity index is 2.38. The average molecular weight is 249 g/mol. The Morgan fingerprint density at radius 3 is 2.76 bits per heavy atom. The topological polar surface area (TPSA) is 48.1 Å². The van der Waals surface area contributed by atoms with E-state index in [2.05, 4.69) is 4.98 Å². The number of rotatable bonds is 3. The van der Waals surface area contributed by atoms with E-state index in [0.717, 1.165) is 16.9 Å². The molecule has 0 aliphatic carbocycles. The van der Waals surface area contributed by atoms with Gasteiger partial charge in [-0.1, -0.05) is 17.7 Å². The highest BCUT2D eigenvalue weighted by Crippen LogP contribution is 2.28. The standard InChI is InChI=1S/C13H13ClN2O/c1-2-17-11-5-10(7-16-8-11)9-3-4-12(14)13(15)6-9/h3-8H,2,15H2,1H3. The molecule has 88 valence electrons. The number of aromatic nitrogens is 1. The van der Waals surface area contributed by atoms with Gasteiger partial charge >= 0.3 is 0 Å². The lowest BCUT2D eigenvalue weighted by Crippen LogP contribution is -1.93. The average Bonchev–Trinajstić information content (AvgIpc) is 2.33. The van der Waals surface area contributed by atoms with E-state index in [0.29, 0.717) is 17.3 Å². The first-order valence-corrected chi connectivity index (χ1v) is 5.71. The van der Waals surface area contributed by atoms with Crippen LogP contribution in [0.15, 0.2) is 36.7 Å². The van der Waals surface area contributed by atoms with Crippen molar-refractivity contribution in [3.63, 3.8) is 0 Å². The molecule has 0 atom stereocenters. The summed E-state index contributed by atoms with van der Waals surface area (Å²) in [6.07, 6.45) is 3.46. The van der Waals surface area contributed by atoms with Gasteiger partial charge in [0.25, 0.3) is 0 Å². The Kier molecular flexibility index (Phi) is 3.49. The van der Waals surface area contributed by atoms with E-state index in [4.69, 9.17) is 22.1 Å². The molecular formula is C13H13ClN2O. The van der Waals surface area contributed by atoms with Gasteiger partial charge in [-0.15, -0.1) is 0 Å². The summed E-state index contributed by atoms with van der Waals surface area (Å²) in [4.78, 5) is 4.13. The van der Waals surface area contributed by atoms with E-state index in [-0.39, 0.29) is 0 Å². The van der Waals surface area contributed by atoms with Gasteiger partial charge < -0.3 is 10.5 Å². The zero-order valence-electron chi connectivity index (χ0n) is 9.48. The molecule has 0 amide bonds. The molecule has 0 saturated carbocycles. The van der Waals surface area contributed by atoms with E-state index in [9.17, 15) is 0 Å². The Labute approximate surface area is 105 Å². The molecule has 0 aliphatic rings. The molecule has 0 unspecified atom stereocenters.